The SMILES string of the molecule is CC(C)CNCCNCC1(c2ccccc2)CC1. The van der Waals surface area contributed by atoms with Crippen LogP contribution in [-0.2, 0) is 5.41 Å². The Kier molecular flexibility index (Phi) is 4.79. The molecule has 0 radical (unpaired) electrons. The third kappa shape index (κ3) is 3.82. The van der Waals surface area contributed by atoms with Crippen molar-refractivity contribution in [3.8, 4) is 0 Å². The van der Waals surface area contributed by atoms with Crippen molar-refractivity contribution in [3.05, 3.63) is 35.9 Å². The molecule has 0 amide bonds. The van der Waals surface area contributed by atoms with E-state index < -0.39 is 0 Å². The zero-order valence-corrected chi connectivity index (χ0v) is 11.7. The molecule has 0 saturated heterocycles. The van der Waals surface area contributed by atoms with Crippen molar-refractivity contribution < 1.29 is 0 Å². The highest BCUT2D eigenvalue weighted by Gasteiger charge is 2.43. The Morgan fingerprint density at radius 3 is 2.33 bits per heavy atom. The van der Waals surface area contributed by atoms with E-state index in [0.29, 0.717) is 5.41 Å². The molecule has 1 aromatic rings. The van der Waals surface area contributed by atoms with Crippen molar-refractivity contribution >= 4 is 0 Å². The predicted molar refractivity (Wildman–Crippen MR) is 77.9 cm³/mol. The molecule has 0 bridgehead atoms. The largest absolute Gasteiger partial charge is 0.315 e. The molecule has 0 atom stereocenters. The fourth-order valence-electron chi connectivity index (χ4n) is 2.41. The topological polar surface area (TPSA) is 24.1 Å². The van der Waals surface area contributed by atoms with Crippen LogP contribution in [0.5, 0.6) is 0 Å². The molecule has 1 fully saturated rings. The number of rotatable bonds is 8. The van der Waals surface area contributed by atoms with Gasteiger partial charge in [-0.15, -0.1) is 0 Å². The second-order valence-electron chi connectivity index (χ2n) is 5.92. The van der Waals surface area contributed by atoms with Crippen LogP contribution < -0.4 is 10.6 Å². The summed E-state index contributed by atoms with van der Waals surface area (Å²) >= 11 is 0. The molecule has 2 heteroatoms. The van der Waals surface area contributed by atoms with E-state index in [1.54, 1.807) is 0 Å². The van der Waals surface area contributed by atoms with Crippen molar-refractivity contribution in [1.29, 1.82) is 0 Å². The van der Waals surface area contributed by atoms with Gasteiger partial charge in [0.25, 0.3) is 0 Å². The fourth-order valence-corrected chi connectivity index (χ4v) is 2.41. The standard InChI is InChI=1S/C16H26N2/c1-14(2)12-17-10-11-18-13-16(8-9-16)15-6-4-3-5-7-15/h3-7,14,17-18H,8-13H2,1-2H3. The van der Waals surface area contributed by atoms with Crippen molar-refractivity contribution in [2.24, 2.45) is 5.92 Å². The number of hydrogen-bond acceptors (Lipinski definition) is 2. The molecule has 0 heterocycles. The first kappa shape index (κ1) is 13.6. The summed E-state index contributed by atoms with van der Waals surface area (Å²) < 4.78 is 0. The third-order valence-electron chi connectivity index (χ3n) is 3.73. The van der Waals surface area contributed by atoms with Crippen molar-refractivity contribution in [2.75, 3.05) is 26.2 Å². The second kappa shape index (κ2) is 6.35. The molecule has 2 rings (SSSR count). The van der Waals surface area contributed by atoms with E-state index in [0.717, 1.165) is 32.1 Å². The van der Waals surface area contributed by atoms with Crippen LogP contribution in [0.4, 0.5) is 0 Å². The van der Waals surface area contributed by atoms with Gasteiger partial charge in [-0.1, -0.05) is 44.2 Å². The van der Waals surface area contributed by atoms with Crippen LogP contribution in [0.15, 0.2) is 30.3 Å². The van der Waals surface area contributed by atoms with E-state index in [-0.39, 0.29) is 0 Å². The van der Waals surface area contributed by atoms with Gasteiger partial charge in [-0.05, 0) is 30.9 Å². The van der Waals surface area contributed by atoms with Crippen LogP contribution in [0.25, 0.3) is 0 Å². The molecule has 2 nitrogen and oxygen atoms in total. The molecular formula is C16H26N2. The quantitative estimate of drug-likeness (QED) is 0.689. The number of hydrogen-bond donors (Lipinski definition) is 2. The summed E-state index contributed by atoms with van der Waals surface area (Å²) in [4.78, 5) is 0. The molecule has 18 heavy (non-hydrogen) atoms. The highest BCUT2D eigenvalue weighted by molar-refractivity contribution is 5.31. The summed E-state index contributed by atoms with van der Waals surface area (Å²) in [5.41, 5.74) is 1.95. The first-order valence-electron chi connectivity index (χ1n) is 7.20. The molecule has 1 aromatic carbocycles. The molecule has 0 unspecified atom stereocenters. The monoisotopic (exact) mass is 246 g/mol. The molecule has 100 valence electrons. The van der Waals surface area contributed by atoms with Crippen LogP contribution >= 0.6 is 0 Å². The Morgan fingerprint density at radius 2 is 1.72 bits per heavy atom. The lowest BCUT2D eigenvalue weighted by Crippen LogP contribution is -2.34. The minimum Gasteiger partial charge on any atom is -0.315 e. The first-order chi connectivity index (χ1) is 8.73. The van der Waals surface area contributed by atoms with Gasteiger partial charge in [0.05, 0.1) is 0 Å². The maximum Gasteiger partial charge on any atom is 0.00784 e. The van der Waals surface area contributed by atoms with Gasteiger partial charge < -0.3 is 10.6 Å². The van der Waals surface area contributed by atoms with Gasteiger partial charge in [0.2, 0.25) is 0 Å². The molecule has 1 aliphatic carbocycles. The average molecular weight is 246 g/mol. The molecule has 2 N–H and O–H groups in total. The first-order valence-corrected chi connectivity index (χ1v) is 7.20. The second-order valence-corrected chi connectivity index (χ2v) is 5.92. The lowest BCUT2D eigenvalue weighted by Gasteiger charge is -2.17. The third-order valence-corrected chi connectivity index (χ3v) is 3.73. The maximum atomic E-state index is 3.60. The van der Waals surface area contributed by atoms with Crippen LogP contribution in [0.1, 0.15) is 32.3 Å². The normalized spacial score (nSPS) is 17.1. The summed E-state index contributed by atoms with van der Waals surface area (Å²) in [6.07, 6.45) is 2.67. The van der Waals surface area contributed by atoms with Crippen LogP contribution in [0.3, 0.4) is 0 Å². The molecule has 0 aromatic heterocycles. The van der Waals surface area contributed by atoms with Gasteiger partial charge in [-0.25, -0.2) is 0 Å². The van der Waals surface area contributed by atoms with E-state index in [1.807, 2.05) is 0 Å². The summed E-state index contributed by atoms with van der Waals surface area (Å²) in [6.45, 7) is 8.88. The van der Waals surface area contributed by atoms with Gasteiger partial charge in [0, 0.05) is 25.0 Å². The Hall–Kier alpha value is -0.860. The summed E-state index contributed by atoms with van der Waals surface area (Å²) in [5.74, 6) is 0.740. The molecular weight excluding hydrogens is 220 g/mol. The van der Waals surface area contributed by atoms with Crippen molar-refractivity contribution in [3.63, 3.8) is 0 Å². The Morgan fingerprint density at radius 1 is 1.06 bits per heavy atom. The van der Waals surface area contributed by atoms with Crippen LogP contribution in [-0.4, -0.2) is 26.2 Å². The van der Waals surface area contributed by atoms with E-state index >= 15 is 0 Å². The van der Waals surface area contributed by atoms with Crippen LogP contribution in [0.2, 0.25) is 0 Å². The van der Waals surface area contributed by atoms with Gasteiger partial charge in [-0.3, -0.25) is 0 Å². The summed E-state index contributed by atoms with van der Waals surface area (Å²) in [5, 5.41) is 7.07. The molecule has 1 aliphatic rings. The Labute approximate surface area is 111 Å². The highest BCUT2D eigenvalue weighted by atomic mass is 15.0. The van der Waals surface area contributed by atoms with E-state index in [2.05, 4.69) is 54.8 Å². The zero-order valence-electron chi connectivity index (χ0n) is 11.7. The molecule has 0 spiro atoms. The lowest BCUT2D eigenvalue weighted by atomic mass is 9.96. The zero-order chi connectivity index (χ0) is 12.8. The Bertz CT molecular complexity index is 341. The molecule has 1 saturated carbocycles. The van der Waals surface area contributed by atoms with Crippen molar-refractivity contribution in [1.82, 2.24) is 10.6 Å². The molecule has 0 aliphatic heterocycles. The van der Waals surface area contributed by atoms with E-state index in [9.17, 15) is 0 Å². The summed E-state index contributed by atoms with van der Waals surface area (Å²) in [6, 6.07) is 10.9. The lowest BCUT2D eigenvalue weighted by molar-refractivity contribution is 0.517. The average Bonchev–Trinajstić information content (AvgIpc) is 3.16. The van der Waals surface area contributed by atoms with Crippen molar-refractivity contribution in [2.45, 2.75) is 32.1 Å². The van der Waals surface area contributed by atoms with E-state index in [4.69, 9.17) is 0 Å². The van der Waals surface area contributed by atoms with Gasteiger partial charge in [-0.2, -0.15) is 0 Å². The van der Waals surface area contributed by atoms with Crippen LogP contribution in [0, 0.1) is 5.92 Å². The van der Waals surface area contributed by atoms with Gasteiger partial charge in [0.15, 0.2) is 0 Å². The minimum absolute atomic E-state index is 0.444. The Balaban J connectivity index is 1.65. The maximum absolute atomic E-state index is 3.60. The summed E-state index contributed by atoms with van der Waals surface area (Å²) in [7, 11) is 0. The predicted octanol–water partition coefficient (Wildman–Crippen LogP) is 2.55. The number of nitrogens with one attached hydrogen (secondary N) is 2. The van der Waals surface area contributed by atoms with Gasteiger partial charge >= 0.3 is 0 Å². The highest BCUT2D eigenvalue weighted by Crippen LogP contribution is 2.47. The fraction of sp³-hybridized carbons (Fsp3) is 0.625. The minimum atomic E-state index is 0.444. The number of benzene rings is 1. The van der Waals surface area contributed by atoms with Gasteiger partial charge in [0.1, 0.15) is 0 Å². The van der Waals surface area contributed by atoms with E-state index in [1.165, 1.54) is 18.4 Å². The smallest absolute Gasteiger partial charge is 0.00784 e.